The number of nitrogens with zero attached hydrogens (tertiary/aromatic N) is 2. The Kier molecular flexibility index (Phi) is 3.80. The third-order valence-corrected chi connectivity index (χ3v) is 7.20. The molecule has 1 amide bonds. The van der Waals surface area contributed by atoms with Crippen molar-refractivity contribution in [1.82, 2.24) is 9.21 Å². The highest BCUT2D eigenvalue weighted by Crippen LogP contribution is 2.35. The molecule has 130 valence electrons. The average molecular weight is 350 g/mol. The summed E-state index contributed by atoms with van der Waals surface area (Å²) in [6.45, 7) is 1.33. The van der Waals surface area contributed by atoms with Crippen LogP contribution in [0.15, 0.2) is 30.3 Å². The van der Waals surface area contributed by atoms with Crippen LogP contribution in [-0.2, 0) is 21.2 Å². The highest BCUT2D eigenvalue weighted by Gasteiger charge is 2.52. The largest absolute Gasteiger partial charge is 0.447 e. The van der Waals surface area contributed by atoms with E-state index in [0.29, 0.717) is 32.0 Å². The molecule has 0 spiro atoms. The first-order chi connectivity index (χ1) is 11.5. The predicted molar refractivity (Wildman–Crippen MR) is 89.0 cm³/mol. The number of rotatable bonds is 5. The number of hydrogen-bond donors (Lipinski definition) is 0. The quantitative estimate of drug-likeness (QED) is 0.807. The predicted octanol–water partition coefficient (Wildman–Crippen LogP) is 1.48. The van der Waals surface area contributed by atoms with Gasteiger partial charge in [0.05, 0.1) is 11.3 Å². The summed E-state index contributed by atoms with van der Waals surface area (Å²) >= 11 is 0. The van der Waals surface area contributed by atoms with Crippen LogP contribution in [0.5, 0.6) is 0 Å². The van der Waals surface area contributed by atoms with Crippen LogP contribution in [0.1, 0.15) is 18.4 Å². The lowest BCUT2D eigenvalue weighted by Gasteiger charge is -2.44. The minimum atomic E-state index is -3.27. The summed E-state index contributed by atoms with van der Waals surface area (Å²) in [6, 6.07) is 9.87. The fraction of sp³-hybridized carbons (Fsp3) is 0.588. The number of carbonyl (C=O) groups excluding carboxylic acids is 1. The molecule has 2 saturated heterocycles. The minimum Gasteiger partial charge on any atom is -0.447 e. The van der Waals surface area contributed by atoms with Crippen LogP contribution < -0.4 is 0 Å². The lowest BCUT2D eigenvalue weighted by molar-refractivity contribution is 0.0917. The highest BCUT2D eigenvalue weighted by atomic mass is 32.2. The molecule has 24 heavy (non-hydrogen) atoms. The molecule has 7 heteroatoms. The summed E-state index contributed by atoms with van der Waals surface area (Å²) in [5, 5.41) is 0. The zero-order chi connectivity index (χ0) is 16.8. The molecule has 2 aliphatic heterocycles. The van der Waals surface area contributed by atoms with Crippen molar-refractivity contribution >= 4 is 16.1 Å². The Balaban J connectivity index is 1.59. The molecule has 1 aromatic rings. The molecule has 1 atom stereocenters. The van der Waals surface area contributed by atoms with E-state index in [0.717, 1.165) is 18.4 Å². The van der Waals surface area contributed by atoms with Gasteiger partial charge in [0.25, 0.3) is 0 Å². The smallest absolute Gasteiger partial charge is 0.410 e. The molecule has 2 heterocycles. The molecule has 1 aromatic carbocycles. The Bertz CT molecular complexity index is 732. The van der Waals surface area contributed by atoms with Gasteiger partial charge in [0, 0.05) is 26.1 Å². The summed E-state index contributed by atoms with van der Waals surface area (Å²) < 4.78 is 32.2. The van der Waals surface area contributed by atoms with E-state index < -0.39 is 15.6 Å². The van der Waals surface area contributed by atoms with Crippen LogP contribution in [0.3, 0.4) is 0 Å². The topological polar surface area (TPSA) is 66.9 Å². The molecule has 0 bridgehead atoms. The summed E-state index contributed by atoms with van der Waals surface area (Å²) in [6.07, 6.45) is 2.30. The van der Waals surface area contributed by atoms with Crippen LogP contribution in [0.4, 0.5) is 4.79 Å². The lowest BCUT2D eigenvalue weighted by atomic mass is 9.89. The first-order valence-electron chi connectivity index (χ1n) is 8.45. The van der Waals surface area contributed by atoms with Gasteiger partial charge in [-0.15, -0.1) is 0 Å². The third-order valence-electron chi connectivity index (χ3n) is 5.21. The number of fused-ring (bicyclic) bond motifs is 1. The molecule has 0 N–H and O–H groups in total. The first kappa shape index (κ1) is 15.9. The fourth-order valence-electron chi connectivity index (χ4n) is 3.73. The summed E-state index contributed by atoms with van der Waals surface area (Å²) in [4.78, 5) is 13.8. The zero-order valence-electron chi connectivity index (χ0n) is 13.6. The van der Waals surface area contributed by atoms with Gasteiger partial charge in [0.1, 0.15) is 6.61 Å². The molecule has 1 aliphatic carbocycles. The molecular formula is C17H22N2O4S. The first-order valence-corrected chi connectivity index (χ1v) is 10.1. The fourth-order valence-corrected chi connectivity index (χ4v) is 5.66. The number of amides is 1. The summed E-state index contributed by atoms with van der Waals surface area (Å²) in [7, 11) is -3.27. The average Bonchev–Trinajstić information content (AvgIpc) is 3.30. The third kappa shape index (κ3) is 2.91. The van der Waals surface area contributed by atoms with Gasteiger partial charge in [-0.05, 0) is 24.3 Å². The molecule has 0 radical (unpaired) electrons. The Morgan fingerprint density at radius 1 is 1.17 bits per heavy atom. The van der Waals surface area contributed by atoms with Crippen molar-refractivity contribution in [3.63, 3.8) is 0 Å². The molecule has 3 aliphatic rings. The van der Waals surface area contributed by atoms with Gasteiger partial charge in [-0.2, -0.15) is 4.31 Å². The Morgan fingerprint density at radius 3 is 2.62 bits per heavy atom. The van der Waals surface area contributed by atoms with Crippen LogP contribution in [0, 0.1) is 5.92 Å². The maximum Gasteiger partial charge on any atom is 0.410 e. The monoisotopic (exact) mass is 350 g/mol. The van der Waals surface area contributed by atoms with E-state index in [1.165, 1.54) is 0 Å². The second-order valence-electron chi connectivity index (χ2n) is 7.15. The molecule has 6 nitrogen and oxygen atoms in total. The number of benzene rings is 1. The molecule has 4 rings (SSSR count). The SMILES string of the molecule is O=C1OCC2(Cc3ccccc3)CN(S(=O)(=O)CC3CC3)CCN12. The maximum atomic E-state index is 12.7. The Morgan fingerprint density at radius 2 is 1.92 bits per heavy atom. The van der Waals surface area contributed by atoms with E-state index in [2.05, 4.69) is 0 Å². The molecule has 3 fully saturated rings. The van der Waals surface area contributed by atoms with E-state index >= 15 is 0 Å². The van der Waals surface area contributed by atoms with Crippen LogP contribution in [0.2, 0.25) is 0 Å². The van der Waals surface area contributed by atoms with Crippen molar-refractivity contribution in [3.8, 4) is 0 Å². The van der Waals surface area contributed by atoms with E-state index in [9.17, 15) is 13.2 Å². The van der Waals surface area contributed by atoms with Crippen LogP contribution in [0.25, 0.3) is 0 Å². The van der Waals surface area contributed by atoms with Crippen LogP contribution >= 0.6 is 0 Å². The van der Waals surface area contributed by atoms with Gasteiger partial charge in [-0.3, -0.25) is 4.90 Å². The van der Waals surface area contributed by atoms with Gasteiger partial charge in [0.2, 0.25) is 10.0 Å². The Labute approximate surface area is 142 Å². The highest BCUT2D eigenvalue weighted by molar-refractivity contribution is 7.89. The van der Waals surface area contributed by atoms with Crippen molar-refractivity contribution < 1.29 is 17.9 Å². The van der Waals surface area contributed by atoms with E-state index in [4.69, 9.17) is 4.74 Å². The maximum absolute atomic E-state index is 12.7. The summed E-state index contributed by atoms with van der Waals surface area (Å²) in [5.41, 5.74) is 0.495. The van der Waals surface area contributed by atoms with E-state index in [1.54, 1.807) is 9.21 Å². The molecule has 1 saturated carbocycles. The van der Waals surface area contributed by atoms with Crippen molar-refractivity contribution in [2.24, 2.45) is 5.92 Å². The van der Waals surface area contributed by atoms with Gasteiger partial charge in [-0.1, -0.05) is 30.3 Å². The van der Waals surface area contributed by atoms with Gasteiger partial charge < -0.3 is 4.74 Å². The van der Waals surface area contributed by atoms with Crippen molar-refractivity contribution in [2.75, 3.05) is 32.0 Å². The van der Waals surface area contributed by atoms with Crippen molar-refractivity contribution in [1.29, 1.82) is 0 Å². The zero-order valence-corrected chi connectivity index (χ0v) is 14.4. The Hall–Kier alpha value is -1.60. The lowest BCUT2D eigenvalue weighted by Crippen LogP contribution is -2.63. The van der Waals surface area contributed by atoms with Gasteiger partial charge in [-0.25, -0.2) is 13.2 Å². The summed E-state index contributed by atoms with van der Waals surface area (Å²) in [5.74, 6) is 0.558. The standard InChI is InChI=1S/C17H22N2O4S/c20-16-19-9-8-18(24(21,22)11-15-6-7-15)12-17(19,13-23-16)10-14-4-2-1-3-5-14/h1-5,15H,6-13H2. The van der Waals surface area contributed by atoms with E-state index in [-0.39, 0.29) is 18.5 Å². The second-order valence-corrected chi connectivity index (χ2v) is 9.16. The normalized spacial score (nSPS) is 27.8. The number of sulfonamides is 1. The number of piperazine rings is 1. The second kappa shape index (κ2) is 5.74. The number of cyclic esters (lactones) is 1. The molecule has 0 aromatic heterocycles. The minimum absolute atomic E-state index is 0.239. The number of carbonyl (C=O) groups is 1. The van der Waals surface area contributed by atoms with Gasteiger partial charge >= 0.3 is 6.09 Å². The molecular weight excluding hydrogens is 328 g/mol. The van der Waals surface area contributed by atoms with Crippen LogP contribution in [-0.4, -0.2) is 61.2 Å². The van der Waals surface area contributed by atoms with Crippen molar-refractivity contribution in [2.45, 2.75) is 24.8 Å². The number of ether oxygens (including phenoxy) is 1. The van der Waals surface area contributed by atoms with E-state index in [1.807, 2.05) is 30.3 Å². The molecule has 1 unspecified atom stereocenters. The number of hydrogen-bond acceptors (Lipinski definition) is 4. The van der Waals surface area contributed by atoms with Crippen molar-refractivity contribution in [3.05, 3.63) is 35.9 Å². The van der Waals surface area contributed by atoms with Gasteiger partial charge in [0.15, 0.2) is 0 Å².